The van der Waals surface area contributed by atoms with Crippen molar-refractivity contribution in [1.29, 1.82) is 0 Å². The van der Waals surface area contributed by atoms with E-state index in [-0.39, 0.29) is 36.0 Å². The van der Waals surface area contributed by atoms with Crippen LogP contribution in [0.25, 0.3) is 33.7 Å². The van der Waals surface area contributed by atoms with Gasteiger partial charge in [-0.2, -0.15) is 5.10 Å². The maximum Gasteiger partial charge on any atom is 0.249 e. The second kappa shape index (κ2) is 19.6. The van der Waals surface area contributed by atoms with E-state index in [1.807, 2.05) is 21.8 Å². The first kappa shape index (κ1) is 44.2. The zero-order valence-electron chi connectivity index (χ0n) is 37.6. The van der Waals surface area contributed by atoms with Gasteiger partial charge in [-0.05, 0) is 114 Å². The highest BCUT2D eigenvalue weighted by atomic mass is 19.1. The van der Waals surface area contributed by atoms with E-state index in [0.29, 0.717) is 64.3 Å². The fourth-order valence-corrected chi connectivity index (χ4v) is 9.74. The minimum absolute atomic E-state index is 0.0556. The first-order chi connectivity index (χ1) is 31.6. The second-order valence-corrected chi connectivity index (χ2v) is 18.5. The van der Waals surface area contributed by atoms with Crippen LogP contribution in [0.4, 0.5) is 21.6 Å². The molecule has 65 heavy (non-hydrogen) atoms. The Morgan fingerprint density at radius 2 is 1.72 bits per heavy atom. The maximum absolute atomic E-state index is 15.3. The lowest BCUT2D eigenvalue weighted by Crippen LogP contribution is -2.47. The molecule has 1 aromatic carbocycles. The molecule has 4 fully saturated rings. The summed E-state index contributed by atoms with van der Waals surface area (Å²) in [7, 11) is 0. The molecular weight excluding hydrogens is 828 g/mol. The van der Waals surface area contributed by atoms with E-state index in [0.717, 1.165) is 127 Å². The number of nitrogens with zero attached hydrogens (tertiary/aromatic N) is 9. The SMILES string of the molecule is CC(C)n1nc(-c2noc(C3CC3)c2-c2ccc(C3CCN(C(=O)CCCCCCCN4CCCN(c5ccc(NC6CCC(=O)NC6=O)cc5F)CC4)CC3)cn2)c2c(N)ncnc21. The molecule has 1 atom stereocenters. The molecule has 0 bridgehead atoms. The van der Waals surface area contributed by atoms with Gasteiger partial charge < -0.3 is 30.3 Å². The minimum atomic E-state index is -0.546. The number of likely N-dealkylation sites (tertiary alicyclic amines) is 1. The van der Waals surface area contributed by atoms with E-state index in [2.05, 4.69) is 61.5 Å². The molecule has 0 radical (unpaired) electrons. The summed E-state index contributed by atoms with van der Waals surface area (Å²) in [5, 5.41) is 15.5. The molecule has 5 aromatic rings. The number of fused-ring (bicyclic) bond motifs is 1. The number of nitrogens with one attached hydrogen (secondary N) is 2. The molecule has 4 N–H and O–H groups in total. The monoisotopic (exact) mass is 888 g/mol. The van der Waals surface area contributed by atoms with Gasteiger partial charge in [0.1, 0.15) is 41.2 Å². The minimum Gasteiger partial charge on any atom is -0.383 e. The number of nitrogen functional groups attached to an aromatic ring is 1. The number of benzene rings is 1. The number of carbonyl (C=O) groups excluding carboxylic acids is 3. The number of amides is 3. The van der Waals surface area contributed by atoms with Gasteiger partial charge in [0.15, 0.2) is 5.65 Å². The molecule has 4 aromatic heterocycles. The van der Waals surface area contributed by atoms with Crippen LogP contribution in [0.5, 0.6) is 0 Å². The normalized spacial score (nSPS) is 19.0. The molecule has 1 aliphatic carbocycles. The number of hydrogen-bond donors (Lipinski definition) is 3. The van der Waals surface area contributed by atoms with Crippen LogP contribution in [0.1, 0.15) is 127 Å². The summed E-state index contributed by atoms with van der Waals surface area (Å²) >= 11 is 0. The van der Waals surface area contributed by atoms with Crippen LogP contribution < -0.4 is 21.3 Å². The van der Waals surface area contributed by atoms with Gasteiger partial charge in [0.25, 0.3) is 0 Å². The van der Waals surface area contributed by atoms with Crippen molar-refractivity contribution >= 4 is 45.9 Å². The molecule has 17 heteroatoms. The van der Waals surface area contributed by atoms with E-state index < -0.39 is 6.04 Å². The zero-order valence-corrected chi connectivity index (χ0v) is 37.6. The quantitative estimate of drug-likeness (QED) is 0.0666. The number of halogens is 1. The lowest BCUT2D eigenvalue weighted by atomic mass is 9.90. The highest BCUT2D eigenvalue weighted by Crippen LogP contribution is 2.48. The number of carbonyl (C=O) groups is 3. The van der Waals surface area contributed by atoms with Crippen LogP contribution in [0, 0.1) is 5.82 Å². The third-order valence-electron chi connectivity index (χ3n) is 13.6. The Bertz CT molecular complexity index is 2490. The van der Waals surface area contributed by atoms with Gasteiger partial charge in [-0.25, -0.2) is 19.0 Å². The van der Waals surface area contributed by atoms with Crippen molar-refractivity contribution < 1.29 is 23.3 Å². The smallest absolute Gasteiger partial charge is 0.249 e. The van der Waals surface area contributed by atoms with Crippen molar-refractivity contribution in [2.45, 2.75) is 121 Å². The molecule has 16 nitrogen and oxygen atoms in total. The van der Waals surface area contributed by atoms with Gasteiger partial charge in [-0.1, -0.05) is 30.5 Å². The number of hydrogen-bond acceptors (Lipinski definition) is 13. The molecule has 1 saturated carbocycles. The lowest BCUT2D eigenvalue weighted by Gasteiger charge is -2.32. The van der Waals surface area contributed by atoms with Crippen molar-refractivity contribution in [3.8, 4) is 22.6 Å². The Morgan fingerprint density at radius 1 is 0.908 bits per heavy atom. The molecule has 4 aliphatic rings. The number of nitrogens with two attached hydrogens (primary N) is 1. The summed E-state index contributed by atoms with van der Waals surface area (Å²) in [6, 6.07) is 8.77. The van der Waals surface area contributed by atoms with Crippen molar-refractivity contribution in [3.05, 3.63) is 60.0 Å². The largest absolute Gasteiger partial charge is 0.383 e. The van der Waals surface area contributed by atoms with Crippen LogP contribution in [-0.2, 0) is 14.4 Å². The van der Waals surface area contributed by atoms with Crippen molar-refractivity contribution in [2.24, 2.45) is 0 Å². The van der Waals surface area contributed by atoms with Crippen LogP contribution in [-0.4, -0.2) is 109 Å². The number of imide groups is 1. The maximum atomic E-state index is 15.3. The number of aromatic nitrogens is 6. The molecule has 7 heterocycles. The molecular formula is C48H61FN12O4. The lowest BCUT2D eigenvalue weighted by molar-refractivity contribution is -0.134. The summed E-state index contributed by atoms with van der Waals surface area (Å²) in [6.07, 6.45) is 14.9. The van der Waals surface area contributed by atoms with Gasteiger partial charge in [0.2, 0.25) is 17.7 Å². The predicted octanol–water partition coefficient (Wildman–Crippen LogP) is 7.20. The molecule has 9 rings (SSSR count). The van der Waals surface area contributed by atoms with Gasteiger partial charge in [0, 0.05) is 69.4 Å². The summed E-state index contributed by atoms with van der Waals surface area (Å²) in [4.78, 5) is 57.2. The molecule has 3 saturated heterocycles. The zero-order chi connectivity index (χ0) is 45.0. The second-order valence-electron chi connectivity index (χ2n) is 18.5. The van der Waals surface area contributed by atoms with Crippen LogP contribution in [0.3, 0.4) is 0 Å². The Balaban J connectivity index is 0.689. The average Bonchev–Trinajstić information content (AvgIpc) is 4.00. The van der Waals surface area contributed by atoms with E-state index in [1.165, 1.54) is 18.0 Å². The van der Waals surface area contributed by atoms with Crippen molar-refractivity contribution in [3.63, 3.8) is 0 Å². The van der Waals surface area contributed by atoms with Gasteiger partial charge in [0.05, 0.1) is 22.3 Å². The number of piperidine rings is 2. The molecule has 3 aliphatic heterocycles. The van der Waals surface area contributed by atoms with Crippen LogP contribution in [0.15, 0.2) is 47.4 Å². The number of anilines is 3. The Morgan fingerprint density at radius 3 is 2.48 bits per heavy atom. The summed E-state index contributed by atoms with van der Waals surface area (Å²) < 4.78 is 23.1. The first-order valence-electron chi connectivity index (χ1n) is 23.7. The summed E-state index contributed by atoms with van der Waals surface area (Å²) in [5.74, 6) is 1.12. The number of rotatable bonds is 16. The predicted molar refractivity (Wildman–Crippen MR) is 247 cm³/mol. The molecule has 1 unspecified atom stereocenters. The van der Waals surface area contributed by atoms with Crippen molar-refractivity contribution in [2.75, 3.05) is 61.8 Å². The number of pyridine rings is 1. The van der Waals surface area contributed by atoms with Crippen LogP contribution in [0.2, 0.25) is 0 Å². The van der Waals surface area contributed by atoms with Gasteiger partial charge in [-0.15, -0.1) is 0 Å². The third kappa shape index (κ3) is 9.99. The topological polar surface area (TPSA) is 194 Å². The Labute approximate surface area is 378 Å². The standard InChI is InChI=1S/C48H61FN12O4/c1-30(2)61-47-42(46(50)52-29-53-47)43(56-61)44-41(45(65-57-44)32-10-11-32)36-14-12-33(28-51-36)31-18-23-60(24-19-31)40(63)9-6-4-3-5-7-20-58-21-8-22-59(26-25-58)38-16-13-34(27-35(38)49)54-37-15-17-39(62)55-48(37)64/h12-14,16,27-32,37,54H,3-11,15,17-26H2,1-2H3,(H2,50,52,53)(H,55,62,64). The summed E-state index contributed by atoms with van der Waals surface area (Å²) in [5.41, 5.74) is 12.2. The molecule has 3 amide bonds. The fraction of sp³-hybridized carbons (Fsp3) is 0.542. The summed E-state index contributed by atoms with van der Waals surface area (Å²) in [6.45, 7) is 10.1. The first-order valence-corrected chi connectivity index (χ1v) is 23.7. The van der Waals surface area contributed by atoms with Gasteiger partial charge >= 0.3 is 0 Å². The van der Waals surface area contributed by atoms with Crippen LogP contribution >= 0.6 is 0 Å². The highest BCUT2D eigenvalue weighted by Gasteiger charge is 2.36. The number of unbranched alkanes of at least 4 members (excludes halogenated alkanes) is 4. The molecule has 344 valence electrons. The average molecular weight is 889 g/mol. The Hall–Kier alpha value is -5.97. The Kier molecular flexibility index (Phi) is 13.4. The van der Waals surface area contributed by atoms with E-state index >= 15 is 4.39 Å². The van der Waals surface area contributed by atoms with Crippen molar-refractivity contribution in [1.82, 2.24) is 45.0 Å². The van der Waals surface area contributed by atoms with E-state index in [9.17, 15) is 14.4 Å². The van der Waals surface area contributed by atoms with E-state index in [4.69, 9.17) is 20.3 Å². The third-order valence-corrected chi connectivity index (χ3v) is 13.6. The van der Waals surface area contributed by atoms with Gasteiger partial charge in [-0.3, -0.25) is 24.7 Å². The fourth-order valence-electron chi connectivity index (χ4n) is 9.74. The van der Waals surface area contributed by atoms with E-state index in [1.54, 1.807) is 6.07 Å². The highest BCUT2D eigenvalue weighted by molar-refractivity contribution is 6.02. The molecule has 0 spiro atoms.